The minimum Gasteiger partial charge on any atom is -0.307 e. The van der Waals surface area contributed by atoms with Gasteiger partial charge in [-0.2, -0.15) is 0 Å². The molecule has 4 heteroatoms. The van der Waals surface area contributed by atoms with Gasteiger partial charge in [-0.05, 0) is 19.1 Å². The highest BCUT2D eigenvalue weighted by Crippen LogP contribution is 2.35. The molecule has 0 saturated heterocycles. The first-order chi connectivity index (χ1) is 8.13. The van der Waals surface area contributed by atoms with Gasteiger partial charge in [0.1, 0.15) is 0 Å². The summed E-state index contributed by atoms with van der Waals surface area (Å²) in [5.74, 6) is 0.512. The number of fused-ring (bicyclic) bond motifs is 1. The fraction of sp³-hybridized carbons (Fsp3) is 0.231. The van der Waals surface area contributed by atoms with Gasteiger partial charge >= 0.3 is 0 Å². The van der Waals surface area contributed by atoms with E-state index in [0.717, 1.165) is 10.6 Å². The van der Waals surface area contributed by atoms with Gasteiger partial charge in [-0.3, -0.25) is 9.59 Å². The topological polar surface area (TPSA) is 37.4 Å². The molecule has 0 fully saturated rings. The lowest BCUT2D eigenvalue weighted by Crippen LogP contribution is -2.35. The van der Waals surface area contributed by atoms with E-state index in [2.05, 4.69) is 6.58 Å². The standard InChI is InChI=1S/C13H13NO2S/c1-3-6-14-11-7-10(9(2)15)4-5-12(11)17-8-13(14)16/h3-5,7H,1,6,8H2,2H3. The molecule has 0 bridgehead atoms. The molecule has 1 heterocycles. The van der Waals surface area contributed by atoms with Crippen LogP contribution in [-0.2, 0) is 4.79 Å². The quantitative estimate of drug-likeness (QED) is 0.608. The lowest BCUT2D eigenvalue weighted by atomic mass is 10.1. The van der Waals surface area contributed by atoms with Crippen LogP contribution in [0.2, 0.25) is 0 Å². The van der Waals surface area contributed by atoms with Crippen molar-refractivity contribution in [3.8, 4) is 0 Å². The van der Waals surface area contributed by atoms with Gasteiger partial charge in [-0.15, -0.1) is 18.3 Å². The zero-order valence-corrected chi connectivity index (χ0v) is 10.4. The van der Waals surface area contributed by atoms with E-state index >= 15 is 0 Å². The Morgan fingerprint density at radius 1 is 1.59 bits per heavy atom. The highest BCUT2D eigenvalue weighted by atomic mass is 32.2. The van der Waals surface area contributed by atoms with Crippen molar-refractivity contribution in [3.05, 3.63) is 36.4 Å². The Balaban J connectivity index is 2.48. The smallest absolute Gasteiger partial charge is 0.237 e. The van der Waals surface area contributed by atoms with E-state index in [1.165, 1.54) is 18.7 Å². The Morgan fingerprint density at radius 2 is 2.35 bits per heavy atom. The summed E-state index contributed by atoms with van der Waals surface area (Å²) in [7, 11) is 0. The van der Waals surface area contributed by atoms with Crippen molar-refractivity contribution >= 4 is 29.1 Å². The molecule has 1 aliphatic rings. The molecule has 0 saturated carbocycles. The predicted molar refractivity (Wildman–Crippen MR) is 69.7 cm³/mol. The number of carbonyl (C=O) groups is 2. The van der Waals surface area contributed by atoms with Crippen LogP contribution in [0.15, 0.2) is 35.7 Å². The molecular formula is C13H13NO2S. The van der Waals surface area contributed by atoms with Crippen molar-refractivity contribution in [3.63, 3.8) is 0 Å². The van der Waals surface area contributed by atoms with Crippen LogP contribution in [0.25, 0.3) is 0 Å². The van der Waals surface area contributed by atoms with Crippen molar-refractivity contribution in [2.24, 2.45) is 0 Å². The first kappa shape index (κ1) is 11.9. The van der Waals surface area contributed by atoms with Crippen LogP contribution in [0.3, 0.4) is 0 Å². The van der Waals surface area contributed by atoms with E-state index in [-0.39, 0.29) is 11.7 Å². The summed E-state index contributed by atoms with van der Waals surface area (Å²) in [6, 6.07) is 5.49. The molecule has 0 aromatic heterocycles. The third-order valence-electron chi connectivity index (χ3n) is 2.62. The Bertz CT molecular complexity index is 496. The highest BCUT2D eigenvalue weighted by Gasteiger charge is 2.24. The van der Waals surface area contributed by atoms with Crippen molar-refractivity contribution in [2.45, 2.75) is 11.8 Å². The number of Topliss-reactive ketones (excluding diaryl/α,β-unsaturated/α-hetero) is 1. The Morgan fingerprint density at radius 3 is 3.00 bits per heavy atom. The Hall–Kier alpha value is -1.55. The fourth-order valence-corrected chi connectivity index (χ4v) is 2.67. The third kappa shape index (κ3) is 2.26. The summed E-state index contributed by atoms with van der Waals surface area (Å²) in [5, 5.41) is 0. The summed E-state index contributed by atoms with van der Waals surface area (Å²) < 4.78 is 0. The van der Waals surface area contributed by atoms with E-state index in [1.54, 1.807) is 23.1 Å². The maximum absolute atomic E-state index is 11.8. The normalized spacial score (nSPS) is 14.4. The third-order valence-corrected chi connectivity index (χ3v) is 3.67. The number of nitrogens with zero attached hydrogens (tertiary/aromatic N) is 1. The molecule has 3 nitrogen and oxygen atoms in total. The molecular weight excluding hydrogens is 234 g/mol. The van der Waals surface area contributed by atoms with Crippen molar-refractivity contribution in [1.82, 2.24) is 0 Å². The summed E-state index contributed by atoms with van der Waals surface area (Å²) in [6.07, 6.45) is 1.69. The average Bonchev–Trinajstić information content (AvgIpc) is 2.32. The molecule has 0 atom stereocenters. The second kappa shape index (κ2) is 4.75. The molecule has 2 rings (SSSR count). The number of thioether (sulfide) groups is 1. The molecule has 1 aromatic carbocycles. The number of hydrogen-bond donors (Lipinski definition) is 0. The minimum atomic E-state index is 0.00868. The molecule has 17 heavy (non-hydrogen) atoms. The summed E-state index contributed by atoms with van der Waals surface area (Å²) in [4.78, 5) is 25.9. The number of anilines is 1. The number of ketones is 1. The highest BCUT2D eigenvalue weighted by molar-refractivity contribution is 8.00. The summed E-state index contributed by atoms with van der Waals surface area (Å²) >= 11 is 1.51. The molecule has 1 aromatic rings. The predicted octanol–water partition coefficient (Wildman–Crippen LogP) is 2.51. The molecule has 0 radical (unpaired) electrons. The maximum Gasteiger partial charge on any atom is 0.237 e. The number of carbonyl (C=O) groups excluding carboxylic acids is 2. The maximum atomic E-state index is 11.8. The van der Waals surface area contributed by atoms with Crippen LogP contribution in [0.1, 0.15) is 17.3 Å². The van der Waals surface area contributed by atoms with Crippen LogP contribution in [0.4, 0.5) is 5.69 Å². The monoisotopic (exact) mass is 247 g/mol. The van der Waals surface area contributed by atoms with Gasteiger partial charge in [-0.1, -0.05) is 12.1 Å². The van der Waals surface area contributed by atoms with Gasteiger partial charge in [0, 0.05) is 17.0 Å². The van der Waals surface area contributed by atoms with Crippen molar-refractivity contribution in [1.29, 1.82) is 0 Å². The second-order valence-electron chi connectivity index (χ2n) is 3.82. The van der Waals surface area contributed by atoms with Gasteiger partial charge in [0.15, 0.2) is 5.78 Å². The largest absolute Gasteiger partial charge is 0.307 e. The van der Waals surface area contributed by atoms with Gasteiger partial charge < -0.3 is 4.90 Å². The lowest BCUT2D eigenvalue weighted by Gasteiger charge is -2.28. The molecule has 0 unspecified atom stereocenters. The number of benzene rings is 1. The molecule has 88 valence electrons. The number of hydrogen-bond acceptors (Lipinski definition) is 3. The fourth-order valence-electron chi connectivity index (χ4n) is 1.75. The van der Waals surface area contributed by atoms with E-state index in [0.29, 0.717) is 17.9 Å². The zero-order chi connectivity index (χ0) is 12.4. The van der Waals surface area contributed by atoms with Crippen LogP contribution >= 0.6 is 11.8 Å². The average molecular weight is 247 g/mol. The van der Waals surface area contributed by atoms with Gasteiger partial charge in [-0.25, -0.2) is 0 Å². The van der Waals surface area contributed by atoms with E-state index in [4.69, 9.17) is 0 Å². The lowest BCUT2D eigenvalue weighted by molar-refractivity contribution is -0.116. The Labute approximate surface area is 104 Å². The first-order valence-electron chi connectivity index (χ1n) is 5.32. The van der Waals surface area contributed by atoms with E-state index in [9.17, 15) is 9.59 Å². The van der Waals surface area contributed by atoms with Gasteiger partial charge in [0.05, 0.1) is 11.4 Å². The minimum absolute atomic E-state index is 0.00868. The van der Waals surface area contributed by atoms with Gasteiger partial charge in [0.25, 0.3) is 0 Å². The molecule has 1 aliphatic heterocycles. The van der Waals surface area contributed by atoms with Crippen LogP contribution in [0, 0.1) is 0 Å². The molecule has 1 amide bonds. The van der Waals surface area contributed by atoms with Crippen molar-refractivity contribution in [2.75, 3.05) is 17.2 Å². The number of amides is 1. The van der Waals surface area contributed by atoms with E-state index in [1.807, 2.05) is 6.07 Å². The molecule has 0 N–H and O–H groups in total. The van der Waals surface area contributed by atoms with Crippen molar-refractivity contribution < 1.29 is 9.59 Å². The molecule has 0 spiro atoms. The summed E-state index contributed by atoms with van der Waals surface area (Å²) in [6.45, 7) is 5.66. The second-order valence-corrected chi connectivity index (χ2v) is 4.84. The van der Waals surface area contributed by atoms with Crippen LogP contribution in [-0.4, -0.2) is 24.0 Å². The number of rotatable bonds is 3. The summed E-state index contributed by atoms with van der Waals surface area (Å²) in [5.41, 5.74) is 1.45. The zero-order valence-electron chi connectivity index (χ0n) is 9.60. The van der Waals surface area contributed by atoms with Gasteiger partial charge in [0.2, 0.25) is 5.91 Å². The first-order valence-corrected chi connectivity index (χ1v) is 6.31. The Kier molecular flexibility index (Phi) is 3.33. The van der Waals surface area contributed by atoms with Crippen LogP contribution < -0.4 is 4.90 Å². The SMILES string of the molecule is C=CCN1C(=O)CSc2ccc(C(C)=O)cc21. The van der Waals surface area contributed by atoms with E-state index < -0.39 is 0 Å². The molecule has 0 aliphatic carbocycles. The van der Waals surface area contributed by atoms with Crippen LogP contribution in [0.5, 0.6) is 0 Å².